The number of fused-ring (bicyclic) bond motifs is 1. The van der Waals surface area contributed by atoms with E-state index >= 15 is 0 Å². The summed E-state index contributed by atoms with van der Waals surface area (Å²) in [5.41, 5.74) is 2.92. The van der Waals surface area contributed by atoms with Gasteiger partial charge in [-0.3, -0.25) is 14.5 Å². The Kier molecular flexibility index (Phi) is 1.71. The molecule has 3 aromatic rings. The van der Waals surface area contributed by atoms with Crippen LogP contribution in [0, 0.1) is 0 Å². The maximum atomic E-state index is 4.29. The molecule has 3 aromatic heterocycles. The zero-order valence-corrected chi connectivity index (χ0v) is 7.91. The fourth-order valence-electron chi connectivity index (χ4n) is 1.56. The van der Waals surface area contributed by atoms with Crippen molar-refractivity contribution in [1.82, 2.24) is 19.5 Å². The zero-order chi connectivity index (χ0) is 10.1. The van der Waals surface area contributed by atoms with Crippen LogP contribution < -0.4 is 0 Å². The molecule has 0 saturated heterocycles. The molecule has 0 aromatic carbocycles. The highest BCUT2D eigenvalue weighted by Gasteiger charge is 2.02. The molecule has 3 rings (SSSR count). The summed E-state index contributed by atoms with van der Waals surface area (Å²) in [6.45, 7) is 0. The lowest BCUT2D eigenvalue weighted by Gasteiger charge is -2.01. The second kappa shape index (κ2) is 3.16. The van der Waals surface area contributed by atoms with Crippen LogP contribution in [0.2, 0.25) is 0 Å². The van der Waals surface area contributed by atoms with Crippen LogP contribution in [0.3, 0.4) is 0 Å². The zero-order valence-electron chi connectivity index (χ0n) is 7.91. The smallest absolute Gasteiger partial charge is 0.101 e. The van der Waals surface area contributed by atoms with Crippen LogP contribution in [0.1, 0.15) is 0 Å². The van der Waals surface area contributed by atoms with Crippen molar-refractivity contribution >= 4 is 11.0 Å². The molecule has 4 heteroatoms. The molecule has 0 aliphatic carbocycles. The molecule has 0 aliphatic rings. The van der Waals surface area contributed by atoms with E-state index in [0.29, 0.717) is 0 Å². The first-order valence-electron chi connectivity index (χ1n) is 4.62. The molecule has 0 atom stereocenters. The largest absolute Gasteiger partial charge is 0.296 e. The van der Waals surface area contributed by atoms with Gasteiger partial charge in [0.2, 0.25) is 0 Å². The van der Waals surface area contributed by atoms with E-state index in [1.807, 2.05) is 22.8 Å². The van der Waals surface area contributed by atoms with Crippen LogP contribution in [0.25, 0.3) is 16.7 Å². The van der Waals surface area contributed by atoms with Crippen molar-refractivity contribution in [1.29, 1.82) is 0 Å². The normalized spacial score (nSPS) is 10.7. The standard InChI is InChI=1S/C11H8N4/c1-2-9(6-12-4-1)15-8-14-10-3-5-13-7-11(10)15/h1-8H. The van der Waals surface area contributed by atoms with Crippen molar-refractivity contribution in [2.75, 3.05) is 0 Å². The Hall–Kier alpha value is -2.23. The molecule has 0 bridgehead atoms. The number of imidazole rings is 1. The van der Waals surface area contributed by atoms with E-state index in [1.54, 1.807) is 31.1 Å². The number of pyridine rings is 2. The first kappa shape index (κ1) is 8.11. The lowest BCUT2D eigenvalue weighted by Crippen LogP contribution is -1.92. The van der Waals surface area contributed by atoms with Gasteiger partial charge in [0.05, 0.1) is 29.1 Å². The number of hydrogen-bond acceptors (Lipinski definition) is 3. The van der Waals surface area contributed by atoms with Gasteiger partial charge in [-0.2, -0.15) is 0 Å². The van der Waals surface area contributed by atoms with E-state index in [4.69, 9.17) is 0 Å². The van der Waals surface area contributed by atoms with Gasteiger partial charge in [0.15, 0.2) is 0 Å². The summed E-state index contributed by atoms with van der Waals surface area (Å²) in [6.07, 6.45) is 8.87. The Labute approximate surface area is 86.2 Å². The lowest BCUT2D eigenvalue weighted by molar-refractivity contribution is 1.07. The van der Waals surface area contributed by atoms with Gasteiger partial charge in [-0.1, -0.05) is 0 Å². The average Bonchev–Trinajstić information content (AvgIpc) is 2.74. The van der Waals surface area contributed by atoms with E-state index in [9.17, 15) is 0 Å². The molecule has 0 amide bonds. The molecule has 4 nitrogen and oxygen atoms in total. The van der Waals surface area contributed by atoms with Gasteiger partial charge in [-0.05, 0) is 18.2 Å². The Balaban J connectivity index is 2.28. The SMILES string of the molecule is c1cncc(-n2cnc3ccncc32)c1. The van der Waals surface area contributed by atoms with Crippen molar-refractivity contribution in [2.45, 2.75) is 0 Å². The Morgan fingerprint density at radius 3 is 2.80 bits per heavy atom. The Morgan fingerprint density at radius 1 is 1.00 bits per heavy atom. The van der Waals surface area contributed by atoms with Crippen LogP contribution in [0.15, 0.2) is 49.3 Å². The fraction of sp³-hybridized carbons (Fsp3) is 0. The van der Waals surface area contributed by atoms with E-state index in [0.717, 1.165) is 16.7 Å². The quantitative estimate of drug-likeness (QED) is 0.596. The van der Waals surface area contributed by atoms with Crippen molar-refractivity contribution in [3.63, 3.8) is 0 Å². The first-order chi connectivity index (χ1) is 7.45. The highest BCUT2D eigenvalue weighted by Crippen LogP contribution is 2.15. The summed E-state index contributed by atoms with van der Waals surface area (Å²) in [5.74, 6) is 0. The third-order valence-electron chi connectivity index (χ3n) is 2.27. The molecule has 15 heavy (non-hydrogen) atoms. The number of hydrogen-bond donors (Lipinski definition) is 0. The van der Waals surface area contributed by atoms with Crippen LogP contribution in [-0.4, -0.2) is 19.5 Å². The van der Waals surface area contributed by atoms with Crippen molar-refractivity contribution in [3.05, 3.63) is 49.3 Å². The Bertz CT molecular complexity index is 586. The molecule has 0 aliphatic heterocycles. The average molecular weight is 196 g/mol. The van der Waals surface area contributed by atoms with Gasteiger partial charge in [-0.15, -0.1) is 0 Å². The summed E-state index contributed by atoms with van der Waals surface area (Å²) in [7, 11) is 0. The summed E-state index contributed by atoms with van der Waals surface area (Å²) >= 11 is 0. The highest BCUT2D eigenvalue weighted by atomic mass is 15.1. The maximum Gasteiger partial charge on any atom is 0.101 e. The summed E-state index contributed by atoms with van der Waals surface area (Å²) in [6, 6.07) is 5.78. The minimum Gasteiger partial charge on any atom is -0.296 e. The minimum absolute atomic E-state index is 0.939. The highest BCUT2D eigenvalue weighted by molar-refractivity contribution is 5.75. The van der Waals surface area contributed by atoms with E-state index in [-0.39, 0.29) is 0 Å². The van der Waals surface area contributed by atoms with E-state index in [2.05, 4.69) is 15.0 Å². The molecule has 0 radical (unpaired) electrons. The topological polar surface area (TPSA) is 43.6 Å². The lowest BCUT2D eigenvalue weighted by atomic mass is 10.4. The third kappa shape index (κ3) is 1.27. The van der Waals surface area contributed by atoms with Crippen molar-refractivity contribution in [2.24, 2.45) is 0 Å². The summed E-state index contributed by atoms with van der Waals surface area (Å²) in [4.78, 5) is 12.5. The molecule has 0 unspecified atom stereocenters. The first-order valence-corrected chi connectivity index (χ1v) is 4.62. The van der Waals surface area contributed by atoms with Gasteiger partial charge < -0.3 is 0 Å². The molecule has 0 spiro atoms. The van der Waals surface area contributed by atoms with Gasteiger partial charge in [0.25, 0.3) is 0 Å². The Morgan fingerprint density at radius 2 is 1.93 bits per heavy atom. The molecule has 0 saturated carbocycles. The van der Waals surface area contributed by atoms with E-state index < -0.39 is 0 Å². The molecular weight excluding hydrogens is 188 g/mol. The van der Waals surface area contributed by atoms with Crippen molar-refractivity contribution < 1.29 is 0 Å². The van der Waals surface area contributed by atoms with Crippen LogP contribution >= 0.6 is 0 Å². The van der Waals surface area contributed by atoms with Crippen LogP contribution in [-0.2, 0) is 0 Å². The molecule has 0 fully saturated rings. The molecule has 72 valence electrons. The predicted molar refractivity (Wildman–Crippen MR) is 56.7 cm³/mol. The minimum atomic E-state index is 0.939. The number of rotatable bonds is 1. The van der Waals surface area contributed by atoms with E-state index in [1.165, 1.54) is 0 Å². The van der Waals surface area contributed by atoms with Crippen LogP contribution in [0.4, 0.5) is 0 Å². The van der Waals surface area contributed by atoms with Gasteiger partial charge >= 0.3 is 0 Å². The van der Waals surface area contributed by atoms with Gasteiger partial charge in [0, 0.05) is 12.4 Å². The number of aromatic nitrogens is 4. The monoisotopic (exact) mass is 196 g/mol. The molecule has 0 N–H and O–H groups in total. The predicted octanol–water partition coefficient (Wildman–Crippen LogP) is 1.82. The molecule has 3 heterocycles. The fourth-order valence-corrected chi connectivity index (χ4v) is 1.56. The second-order valence-electron chi connectivity index (χ2n) is 3.19. The van der Waals surface area contributed by atoms with Gasteiger partial charge in [0.1, 0.15) is 6.33 Å². The second-order valence-corrected chi connectivity index (χ2v) is 3.19. The van der Waals surface area contributed by atoms with Crippen molar-refractivity contribution in [3.8, 4) is 5.69 Å². The summed E-state index contributed by atoms with van der Waals surface area (Å²) in [5, 5.41) is 0. The maximum absolute atomic E-state index is 4.29. The third-order valence-corrected chi connectivity index (χ3v) is 2.27. The van der Waals surface area contributed by atoms with Gasteiger partial charge in [-0.25, -0.2) is 4.98 Å². The summed E-state index contributed by atoms with van der Waals surface area (Å²) < 4.78 is 1.97. The number of nitrogens with zero attached hydrogens (tertiary/aromatic N) is 4. The molecular formula is C11H8N4. The van der Waals surface area contributed by atoms with Crippen LogP contribution in [0.5, 0.6) is 0 Å².